The minimum absolute atomic E-state index is 0.0170. The van der Waals surface area contributed by atoms with E-state index in [0.717, 1.165) is 23.9 Å². The number of hydrogen-bond donors (Lipinski definition) is 2. The smallest absolute Gasteiger partial charge is 0.416 e. The van der Waals surface area contributed by atoms with Crippen LogP contribution in [0, 0.1) is 0 Å². The van der Waals surface area contributed by atoms with Gasteiger partial charge >= 0.3 is 18.3 Å². The van der Waals surface area contributed by atoms with Gasteiger partial charge in [-0.3, -0.25) is 19.3 Å². The van der Waals surface area contributed by atoms with Crippen molar-refractivity contribution in [2.75, 3.05) is 6.54 Å². The molecular weight excluding hydrogens is 582 g/mol. The molecule has 2 N–H and O–H groups in total. The lowest BCUT2D eigenvalue weighted by atomic mass is 10.0. The van der Waals surface area contributed by atoms with Crippen LogP contribution in [0.25, 0.3) is 17.3 Å². The number of rotatable bonds is 8. The molecule has 0 radical (unpaired) electrons. The lowest BCUT2D eigenvalue weighted by Crippen LogP contribution is -2.29. The van der Waals surface area contributed by atoms with Crippen LogP contribution in [-0.2, 0) is 21.9 Å². The maximum absolute atomic E-state index is 13.3. The minimum Gasteiger partial charge on any atom is -0.481 e. The first-order chi connectivity index (χ1) is 17.6. The van der Waals surface area contributed by atoms with E-state index in [0.29, 0.717) is 31.4 Å². The number of nitrogens with one attached hydrogen (secondary N) is 1. The van der Waals surface area contributed by atoms with Crippen molar-refractivity contribution < 1.29 is 41.0 Å². The monoisotopic (exact) mass is 598 g/mol. The molecule has 0 spiro atoms. The quantitative estimate of drug-likeness (QED) is 0.154. The number of alkyl halides is 6. The van der Waals surface area contributed by atoms with Crippen molar-refractivity contribution in [3.63, 3.8) is 0 Å². The van der Waals surface area contributed by atoms with Crippen LogP contribution in [0.5, 0.6) is 0 Å². The number of aromatic nitrogens is 1. The molecule has 1 saturated heterocycles. The van der Waals surface area contributed by atoms with Gasteiger partial charge in [0.2, 0.25) is 5.43 Å². The Hall–Kier alpha value is -2.84. The van der Waals surface area contributed by atoms with E-state index in [1.54, 1.807) is 0 Å². The molecule has 6 nitrogen and oxygen atoms in total. The average Bonchev–Trinajstić information content (AvgIpc) is 3.07. The van der Waals surface area contributed by atoms with Crippen LogP contribution in [0.4, 0.5) is 26.3 Å². The van der Waals surface area contributed by atoms with Crippen LogP contribution in [0.1, 0.15) is 42.5 Å². The number of carbonyl (C=O) groups is 2. The highest BCUT2D eigenvalue weighted by atomic mass is 35.5. The Morgan fingerprint density at radius 1 is 1.03 bits per heavy atom. The standard InChI is InChI=1S/C23H17ClF6N2O4S2/c24-19-15(10-17-20(36)32(21(37)38-17)5-3-1-2-4-18(34)35)31-14(9-16(19)33)11-6-12(22(25,26)27)8-13(7-11)23(28,29)30/h6-10H,1-5H2,(H,31,33)(H,34,35)/b17-10-. The summed E-state index contributed by atoms with van der Waals surface area (Å²) in [5.41, 5.74) is -5.18. The van der Waals surface area contributed by atoms with E-state index < -0.39 is 51.4 Å². The summed E-state index contributed by atoms with van der Waals surface area (Å²) in [6.07, 6.45) is -7.64. The SMILES string of the molecule is O=C(O)CCCCCN1C(=O)/C(=C/c2[nH]c(-c3cc(C(F)(F)F)cc(C(F)(F)F)c3)cc(=O)c2Cl)SC1=S. The fourth-order valence-corrected chi connectivity index (χ4v) is 4.92. The van der Waals surface area contributed by atoms with Gasteiger partial charge in [-0.1, -0.05) is 42.0 Å². The predicted octanol–water partition coefficient (Wildman–Crippen LogP) is 6.58. The second-order valence-electron chi connectivity index (χ2n) is 8.11. The third-order valence-corrected chi connectivity index (χ3v) is 7.09. The number of carboxylic acids is 1. The summed E-state index contributed by atoms with van der Waals surface area (Å²) in [6.45, 7) is 0.205. The topological polar surface area (TPSA) is 90.5 Å². The van der Waals surface area contributed by atoms with Crippen molar-refractivity contribution in [2.45, 2.75) is 38.0 Å². The van der Waals surface area contributed by atoms with E-state index in [1.165, 1.54) is 4.90 Å². The molecule has 0 atom stereocenters. The van der Waals surface area contributed by atoms with E-state index in [1.807, 2.05) is 0 Å². The number of carbonyl (C=O) groups excluding carboxylic acids is 1. The predicted molar refractivity (Wildman–Crippen MR) is 133 cm³/mol. The number of halogens is 7. The Kier molecular flexibility index (Phi) is 8.99. The Morgan fingerprint density at radius 3 is 2.18 bits per heavy atom. The molecule has 1 fully saturated rings. The van der Waals surface area contributed by atoms with Crippen LogP contribution in [0.3, 0.4) is 0 Å². The van der Waals surface area contributed by atoms with E-state index in [9.17, 15) is 40.7 Å². The molecule has 0 bridgehead atoms. The number of H-pyrrole nitrogens is 1. The van der Waals surface area contributed by atoms with Gasteiger partial charge in [-0.05, 0) is 42.7 Å². The summed E-state index contributed by atoms with van der Waals surface area (Å²) in [5.74, 6) is -1.48. The van der Waals surface area contributed by atoms with E-state index in [4.69, 9.17) is 28.9 Å². The average molecular weight is 599 g/mol. The first-order valence-electron chi connectivity index (χ1n) is 10.8. The third-order valence-electron chi connectivity index (χ3n) is 5.32. The van der Waals surface area contributed by atoms with Gasteiger partial charge in [-0.15, -0.1) is 0 Å². The van der Waals surface area contributed by atoms with Crippen molar-refractivity contribution in [2.24, 2.45) is 0 Å². The molecule has 1 aliphatic heterocycles. The van der Waals surface area contributed by atoms with Crippen LogP contribution in [0.2, 0.25) is 5.02 Å². The molecule has 38 heavy (non-hydrogen) atoms. The van der Waals surface area contributed by atoms with E-state index >= 15 is 0 Å². The minimum atomic E-state index is -5.09. The molecular formula is C23H17ClF6N2O4S2. The summed E-state index contributed by atoms with van der Waals surface area (Å²) >= 11 is 12.1. The Balaban J connectivity index is 1.95. The van der Waals surface area contributed by atoms with Gasteiger partial charge in [0.1, 0.15) is 9.34 Å². The second-order valence-corrected chi connectivity index (χ2v) is 10.2. The number of amides is 1. The highest BCUT2D eigenvalue weighted by Gasteiger charge is 2.37. The van der Waals surface area contributed by atoms with Crippen molar-refractivity contribution >= 4 is 57.9 Å². The zero-order valence-corrected chi connectivity index (χ0v) is 21.4. The number of pyridine rings is 1. The van der Waals surface area contributed by atoms with Gasteiger partial charge in [0.25, 0.3) is 5.91 Å². The van der Waals surface area contributed by atoms with Gasteiger partial charge in [-0.25, -0.2) is 0 Å². The Bertz CT molecular complexity index is 1340. The molecule has 1 aromatic carbocycles. The summed E-state index contributed by atoms with van der Waals surface area (Å²) < 4.78 is 79.8. The molecule has 2 aromatic rings. The first-order valence-corrected chi connectivity index (χ1v) is 12.4. The summed E-state index contributed by atoms with van der Waals surface area (Å²) in [7, 11) is 0. The lowest BCUT2D eigenvalue weighted by molar-refractivity contribution is -0.143. The van der Waals surface area contributed by atoms with Gasteiger partial charge in [0.15, 0.2) is 0 Å². The number of carboxylic acid groups (broad SMARTS) is 1. The van der Waals surface area contributed by atoms with E-state index in [2.05, 4.69) is 4.98 Å². The molecule has 1 amide bonds. The maximum Gasteiger partial charge on any atom is 0.416 e. The maximum atomic E-state index is 13.3. The number of aromatic amines is 1. The number of thioether (sulfide) groups is 1. The molecule has 0 aliphatic carbocycles. The highest BCUT2D eigenvalue weighted by Crippen LogP contribution is 2.39. The largest absolute Gasteiger partial charge is 0.481 e. The van der Waals surface area contributed by atoms with Crippen molar-refractivity contribution in [3.05, 3.63) is 61.2 Å². The molecule has 1 aliphatic rings. The third kappa shape index (κ3) is 7.17. The molecule has 1 aromatic heterocycles. The first kappa shape index (κ1) is 29.7. The van der Waals surface area contributed by atoms with Crippen LogP contribution >= 0.6 is 35.6 Å². The number of thiocarbonyl (C=S) groups is 1. The molecule has 0 unspecified atom stereocenters. The van der Waals surface area contributed by atoms with Crippen molar-refractivity contribution in [1.29, 1.82) is 0 Å². The number of benzene rings is 1. The van der Waals surface area contributed by atoms with Gasteiger partial charge < -0.3 is 10.1 Å². The zero-order chi connectivity index (χ0) is 28.4. The molecule has 0 saturated carbocycles. The van der Waals surface area contributed by atoms with Gasteiger partial charge in [-0.2, -0.15) is 26.3 Å². The fourth-order valence-electron chi connectivity index (χ4n) is 3.48. The van der Waals surface area contributed by atoms with Crippen LogP contribution < -0.4 is 5.43 Å². The zero-order valence-electron chi connectivity index (χ0n) is 19.0. The molecule has 3 rings (SSSR count). The summed E-state index contributed by atoms with van der Waals surface area (Å²) in [4.78, 5) is 39.7. The summed E-state index contributed by atoms with van der Waals surface area (Å²) in [5, 5.41) is 8.25. The number of aliphatic carboxylic acids is 1. The highest BCUT2D eigenvalue weighted by molar-refractivity contribution is 8.26. The Labute approximate surface area is 225 Å². The van der Waals surface area contributed by atoms with E-state index in [-0.39, 0.29) is 39.6 Å². The normalized spacial score (nSPS) is 15.6. The summed E-state index contributed by atoms with van der Waals surface area (Å²) in [6, 6.07) is 1.65. The van der Waals surface area contributed by atoms with Crippen LogP contribution in [-0.4, -0.2) is 37.7 Å². The second kappa shape index (κ2) is 11.5. The fraction of sp³-hybridized carbons (Fsp3) is 0.304. The number of hydrogen-bond acceptors (Lipinski definition) is 5. The van der Waals surface area contributed by atoms with Crippen LogP contribution in [0.15, 0.2) is 34.0 Å². The Morgan fingerprint density at radius 2 is 1.63 bits per heavy atom. The van der Waals surface area contributed by atoms with Gasteiger partial charge in [0.05, 0.1) is 21.7 Å². The molecule has 15 heteroatoms. The molecule has 2 heterocycles. The molecule has 204 valence electrons. The van der Waals surface area contributed by atoms with Crippen molar-refractivity contribution in [1.82, 2.24) is 9.88 Å². The van der Waals surface area contributed by atoms with Crippen molar-refractivity contribution in [3.8, 4) is 11.3 Å². The lowest BCUT2D eigenvalue weighted by Gasteiger charge is -2.15. The van der Waals surface area contributed by atoms with Gasteiger partial charge in [0, 0.05) is 24.7 Å². The number of nitrogens with zero attached hydrogens (tertiary/aromatic N) is 1. The number of unbranched alkanes of at least 4 members (excludes halogenated alkanes) is 2.